The lowest BCUT2D eigenvalue weighted by Crippen LogP contribution is -2.53. The average Bonchev–Trinajstić information content (AvgIpc) is 4.15. The SMILES string of the molecule is CN[C@@H](C)C(=O)N[C@H](C(=O)C1C[C@@H](CC(=O)c2cnc(N3CCN(CCCOc4cc5ncnc(Nc6n[nH]c(C)c6C)c5cc4S(=O)(=O)C(C)(C)C)CC3)nc2)C[C@H]1C(=O)Nc1cc(C)nn1-c1ccccc1)C1CCCCC1. The summed E-state index contributed by atoms with van der Waals surface area (Å²) in [4.78, 5) is 79.6. The number of hydrogen-bond donors (Lipinski definition) is 5. The van der Waals surface area contributed by atoms with E-state index in [2.05, 4.69) is 66.3 Å². The Balaban J connectivity index is 0.821. The molecule has 0 spiro atoms. The largest absolute Gasteiger partial charge is 0.492 e. The second kappa shape index (κ2) is 24.7. The third kappa shape index (κ3) is 12.9. The third-order valence-corrected chi connectivity index (χ3v) is 18.8. The van der Waals surface area contributed by atoms with Crippen LogP contribution >= 0.6 is 0 Å². The van der Waals surface area contributed by atoms with Crippen LogP contribution in [0.5, 0.6) is 5.75 Å². The standard InChI is InChI=1S/C58H76N14O7S/c1-35-26-50(72(69-35)42-18-13-10-14-19-42)64-56(76)44-28-39(27-43(44)52(74)51(40-16-11-9-12-17-40)65-55(75)38(4)59-8)29-47(73)41-32-60-57(61-33-41)71-23-21-70(22-24-71)20-15-25-79-48-31-46-45(30-49(48)80(77,78)58(5,6)7)54(63-34-62-46)66-53-36(2)37(3)67-68-53/h10,13-14,18-19,26,30-34,38-40,43-44,51,59H,9,11-12,15-17,20-25,27-29H2,1-8H3,(H,64,76)(H,65,75)(H2,62,63,66,67,68)/t38-,39+,43?,44+,51-/m0/s1. The summed E-state index contributed by atoms with van der Waals surface area (Å²) in [5.41, 5.74) is 4.19. The number of amides is 2. The van der Waals surface area contributed by atoms with Crippen LogP contribution in [0.3, 0.4) is 0 Å². The fourth-order valence-electron chi connectivity index (χ4n) is 11.2. The summed E-state index contributed by atoms with van der Waals surface area (Å²) in [5, 5.41) is 24.9. The maximum absolute atomic E-state index is 15.0. The quantitative estimate of drug-likeness (QED) is 0.0351. The molecule has 426 valence electrons. The van der Waals surface area contributed by atoms with Crippen molar-refractivity contribution in [3.05, 3.63) is 89.8 Å². The van der Waals surface area contributed by atoms with Crippen LogP contribution in [0.15, 0.2) is 72.1 Å². The lowest BCUT2D eigenvalue weighted by molar-refractivity contribution is -0.135. The topological polar surface area (TPSA) is 264 Å². The van der Waals surface area contributed by atoms with Gasteiger partial charge in [0, 0.05) is 92.2 Å². The minimum Gasteiger partial charge on any atom is -0.492 e. The summed E-state index contributed by atoms with van der Waals surface area (Å²) < 4.78 is 34.9. The summed E-state index contributed by atoms with van der Waals surface area (Å²) >= 11 is 0. The molecule has 3 fully saturated rings. The Labute approximate surface area is 468 Å². The highest BCUT2D eigenvalue weighted by Gasteiger charge is 2.47. The lowest BCUT2D eigenvalue weighted by atomic mass is 9.77. The molecule has 22 heteroatoms. The van der Waals surface area contributed by atoms with E-state index in [0.29, 0.717) is 77.9 Å². The number of anilines is 4. The molecule has 0 bridgehead atoms. The van der Waals surface area contributed by atoms with Crippen molar-refractivity contribution in [1.29, 1.82) is 0 Å². The molecule has 21 nitrogen and oxygen atoms in total. The van der Waals surface area contributed by atoms with E-state index in [0.717, 1.165) is 68.7 Å². The lowest BCUT2D eigenvalue weighted by Gasteiger charge is -2.34. The van der Waals surface area contributed by atoms with Gasteiger partial charge >= 0.3 is 0 Å². The number of fused-ring (bicyclic) bond motifs is 1. The van der Waals surface area contributed by atoms with Crippen LogP contribution in [0.2, 0.25) is 0 Å². The number of carbonyl (C=O) groups excluding carboxylic acids is 4. The highest BCUT2D eigenvalue weighted by molar-refractivity contribution is 7.92. The molecule has 80 heavy (non-hydrogen) atoms. The van der Waals surface area contributed by atoms with Gasteiger partial charge < -0.3 is 30.9 Å². The van der Waals surface area contributed by atoms with Gasteiger partial charge in [-0.25, -0.2) is 33.0 Å². The Kier molecular flexibility index (Phi) is 17.7. The number of para-hydroxylation sites is 1. The highest BCUT2D eigenvalue weighted by atomic mass is 32.2. The van der Waals surface area contributed by atoms with Crippen LogP contribution in [0.25, 0.3) is 16.6 Å². The zero-order chi connectivity index (χ0) is 56.9. The average molecular weight is 1110 g/mol. The monoisotopic (exact) mass is 1110 g/mol. The number of aromatic nitrogens is 8. The Bertz CT molecular complexity index is 3290. The number of H-pyrrole nitrogens is 1. The number of piperazine rings is 1. The maximum Gasteiger partial charge on any atom is 0.237 e. The van der Waals surface area contributed by atoms with Gasteiger partial charge in [0.1, 0.15) is 28.6 Å². The summed E-state index contributed by atoms with van der Waals surface area (Å²) in [7, 11) is -2.14. The number of nitrogens with one attached hydrogen (secondary N) is 5. The van der Waals surface area contributed by atoms with Crippen molar-refractivity contribution >= 4 is 67.5 Å². The predicted molar refractivity (Wildman–Crippen MR) is 306 cm³/mol. The highest BCUT2D eigenvalue weighted by Crippen LogP contribution is 2.43. The number of sulfone groups is 1. The van der Waals surface area contributed by atoms with Gasteiger partial charge in [0.15, 0.2) is 27.2 Å². The number of benzene rings is 2. The minimum atomic E-state index is -3.85. The third-order valence-electron chi connectivity index (χ3n) is 16.2. The van der Waals surface area contributed by atoms with E-state index in [-0.39, 0.29) is 58.9 Å². The Morgan fingerprint density at radius 1 is 0.875 bits per heavy atom. The van der Waals surface area contributed by atoms with Crippen LogP contribution < -0.4 is 30.9 Å². The number of ketones is 2. The summed E-state index contributed by atoms with van der Waals surface area (Å²) in [6, 6.07) is 13.3. The first kappa shape index (κ1) is 57.5. The van der Waals surface area contributed by atoms with E-state index < -0.39 is 38.5 Å². The van der Waals surface area contributed by atoms with E-state index in [4.69, 9.17) is 4.74 Å². The van der Waals surface area contributed by atoms with Crippen molar-refractivity contribution in [3.8, 4) is 11.4 Å². The molecule has 4 aromatic heterocycles. The number of aryl methyl sites for hydroxylation is 2. The number of ether oxygens (including phenoxy) is 1. The van der Waals surface area contributed by atoms with Gasteiger partial charge in [-0.1, -0.05) is 37.5 Å². The van der Waals surface area contributed by atoms with Gasteiger partial charge in [0.25, 0.3) is 0 Å². The van der Waals surface area contributed by atoms with E-state index in [1.807, 2.05) is 51.1 Å². The van der Waals surface area contributed by atoms with Crippen LogP contribution in [-0.2, 0) is 24.2 Å². The van der Waals surface area contributed by atoms with Crippen molar-refractivity contribution in [2.45, 2.75) is 128 Å². The summed E-state index contributed by atoms with van der Waals surface area (Å²) in [5.74, 6) is -0.481. The van der Waals surface area contributed by atoms with E-state index in [1.54, 1.807) is 70.0 Å². The first-order valence-electron chi connectivity index (χ1n) is 28.0. The second-order valence-corrected chi connectivity index (χ2v) is 25.5. The van der Waals surface area contributed by atoms with Gasteiger partial charge in [-0.3, -0.25) is 29.2 Å². The molecule has 9 rings (SSSR count). The van der Waals surface area contributed by atoms with E-state index >= 15 is 0 Å². The number of Topliss-reactive ketones (excluding diaryl/α,β-unsaturated/α-hetero) is 2. The van der Waals surface area contributed by atoms with Crippen molar-refractivity contribution < 1.29 is 32.3 Å². The maximum atomic E-state index is 15.0. The van der Waals surface area contributed by atoms with Crippen molar-refractivity contribution in [2.24, 2.45) is 23.7 Å². The molecule has 2 amide bonds. The smallest absolute Gasteiger partial charge is 0.237 e. The summed E-state index contributed by atoms with van der Waals surface area (Å²) in [6.07, 6.45) is 10.5. The molecule has 2 aliphatic carbocycles. The molecule has 2 saturated carbocycles. The van der Waals surface area contributed by atoms with Crippen LogP contribution in [0.4, 0.5) is 23.4 Å². The van der Waals surface area contributed by atoms with E-state index in [9.17, 15) is 27.6 Å². The number of aromatic amines is 1. The van der Waals surface area contributed by atoms with Crippen molar-refractivity contribution in [1.82, 2.24) is 55.4 Å². The zero-order valence-electron chi connectivity index (χ0n) is 47.2. The predicted octanol–water partition coefficient (Wildman–Crippen LogP) is 7.26. The Hall–Kier alpha value is -7.17. The molecule has 1 aliphatic heterocycles. The normalized spacial score (nSPS) is 19.1. The van der Waals surface area contributed by atoms with Crippen LogP contribution in [0.1, 0.15) is 113 Å². The fraction of sp³-hybridized carbons (Fsp3) is 0.517. The molecule has 2 aromatic carbocycles. The second-order valence-electron chi connectivity index (χ2n) is 22.8. The number of nitrogens with zero attached hydrogens (tertiary/aromatic N) is 9. The number of likely N-dealkylation sites (N-methyl/N-ethyl adjacent to an activating group) is 1. The molecule has 5 N–H and O–H groups in total. The van der Waals surface area contributed by atoms with Crippen molar-refractivity contribution in [3.63, 3.8) is 0 Å². The summed E-state index contributed by atoms with van der Waals surface area (Å²) in [6.45, 7) is 16.2. The van der Waals surface area contributed by atoms with Gasteiger partial charge in [-0.2, -0.15) is 10.2 Å². The first-order chi connectivity index (χ1) is 38.3. The molecular weight excluding hydrogens is 1040 g/mol. The number of carbonyl (C=O) groups is 4. The number of hydrogen-bond acceptors (Lipinski definition) is 17. The molecular formula is C58H76N14O7S. The van der Waals surface area contributed by atoms with Gasteiger partial charge in [-0.05, 0) is 118 Å². The molecule has 6 aromatic rings. The van der Waals surface area contributed by atoms with Gasteiger partial charge in [-0.15, -0.1) is 0 Å². The molecule has 5 heterocycles. The molecule has 0 radical (unpaired) electrons. The first-order valence-corrected chi connectivity index (χ1v) is 29.5. The molecule has 1 saturated heterocycles. The van der Waals surface area contributed by atoms with Crippen molar-refractivity contribution in [2.75, 3.05) is 61.9 Å². The van der Waals surface area contributed by atoms with E-state index in [1.165, 1.54) is 6.33 Å². The fourth-order valence-corrected chi connectivity index (χ4v) is 12.5. The zero-order valence-corrected chi connectivity index (χ0v) is 48.0. The molecule has 5 atom stereocenters. The molecule has 1 unspecified atom stereocenters. The number of rotatable bonds is 21. The van der Waals surface area contributed by atoms with Crippen LogP contribution in [-0.4, -0.2) is 140 Å². The molecule has 3 aliphatic rings. The van der Waals surface area contributed by atoms with Crippen LogP contribution in [0, 0.1) is 44.4 Å². The Morgan fingerprint density at radius 2 is 1.59 bits per heavy atom. The van der Waals surface area contributed by atoms with Gasteiger partial charge in [0.2, 0.25) is 17.8 Å². The minimum absolute atomic E-state index is 0.0499. The Morgan fingerprint density at radius 3 is 2.26 bits per heavy atom. The van der Waals surface area contributed by atoms with Gasteiger partial charge in [0.05, 0.1) is 45.9 Å².